The second kappa shape index (κ2) is 7.77. The number of aromatic nitrogens is 2. The molecule has 26 heavy (non-hydrogen) atoms. The fourth-order valence-electron chi connectivity index (χ4n) is 2.72. The van der Waals surface area contributed by atoms with E-state index in [1.165, 1.54) is 31.2 Å². The molecule has 134 valence electrons. The van der Waals surface area contributed by atoms with Crippen LogP contribution in [0.4, 0.5) is 10.1 Å². The number of fused-ring (bicyclic) bond motifs is 1. The average Bonchev–Trinajstić information content (AvgIpc) is 2.94. The van der Waals surface area contributed by atoms with Crippen molar-refractivity contribution < 1.29 is 14.0 Å². The van der Waals surface area contributed by atoms with Crippen LogP contribution in [0.3, 0.4) is 0 Å². The molecule has 0 bridgehead atoms. The van der Waals surface area contributed by atoms with E-state index in [1.807, 2.05) is 28.8 Å². The van der Waals surface area contributed by atoms with Crippen molar-refractivity contribution in [3.63, 3.8) is 0 Å². The zero-order valence-electron chi connectivity index (χ0n) is 14.3. The van der Waals surface area contributed by atoms with Crippen LogP contribution >= 0.6 is 0 Å². The fraction of sp³-hybridized carbons (Fsp3) is 0.211. The van der Waals surface area contributed by atoms with E-state index in [1.54, 1.807) is 0 Å². The molecule has 0 unspecified atom stereocenters. The van der Waals surface area contributed by atoms with E-state index >= 15 is 0 Å². The maximum atomic E-state index is 13.0. The minimum atomic E-state index is -0.358. The number of para-hydroxylation sites is 2. The van der Waals surface area contributed by atoms with E-state index in [2.05, 4.69) is 15.6 Å². The normalized spacial score (nSPS) is 10.7. The zero-order valence-corrected chi connectivity index (χ0v) is 14.3. The maximum Gasteiger partial charge on any atom is 0.244 e. The predicted molar refractivity (Wildman–Crippen MR) is 97.2 cm³/mol. The Hall–Kier alpha value is -3.22. The minimum absolute atomic E-state index is 0.0767. The van der Waals surface area contributed by atoms with Gasteiger partial charge in [0.1, 0.15) is 18.2 Å². The third-order valence-corrected chi connectivity index (χ3v) is 3.89. The van der Waals surface area contributed by atoms with Gasteiger partial charge in [-0.05, 0) is 36.4 Å². The number of hydrogen-bond acceptors (Lipinski definition) is 3. The Morgan fingerprint density at radius 3 is 2.58 bits per heavy atom. The Labute approximate surface area is 150 Å². The van der Waals surface area contributed by atoms with Crippen molar-refractivity contribution in [1.82, 2.24) is 14.9 Å². The molecule has 3 rings (SSSR count). The molecule has 0 atom stereocenters. The van der Waals surface area contributed by atoms with Gasteiger partial charge in [0.2, 0.25) is 11.8 Å². The SMILES string of the molecule is CC(=O)NCCc1nc2ccccc2n1CC(=O)Nc1ccc(F)cc1. The van der Waals surface area contributed by atoms with Crippen molar-refractivity contribution in [3.8, 4) is 0 Å². The molecule has 7 heteroatoms. The van der Waals surface area contributed by atoms with E-state index in [4.69, 9.17) is 0 Å². The summed E-state index contributed by atoms with van der Waals surface area (Å²) in [4.78, 5) is 28.0. The molecule has 0 saturated carbocycles. The number of halogens is 1. The van der Waals surface area contributed by atoms with Gasteiger partial charge in [-0.2, -0.15) is 0 Å². The lowest BCUT2D eigenvalue weighted by Gasteiger charge is -2.10. The van der Waals surface area contributed by atoms with Gasteiger partial charge in [-0.25, -0.2) is 9.37 Å². The number of rotatable bonds is 6. The van der Waals surface area contributed by atoms with Crippen molar-refractivity contribution in [1.29, 1.82) is 0 Å². The van der Waals surface area contributed by atoms with Crippen LogP contribution in [0.15, 0.2) is 48.5 Å². The van der Waals surface area contributed by atoms with Gasteiger partial charge in [-0.3, -0.25) is 9.59 Å². The lowest BCUT2D eigenvalue weighted by molar-refractivity contribution is -0.119. The van der Waals surface area contributed by atoms with Crippen LogP contribution in [0.5, 0.6) is 0 Å². The summed E-state index contributed by atoms with van der Waals surface area (Å²) in [6.07, 6.45) is 0.512. The molecule has 0 fully saturated rings. The molecular formula is C19H19FN4O2. The van der Waals surface area contributed by atoms with E-state index in [0.29, 0.717) is 24.5 Å². The first-order valence-corrected chi connectivity index (χ1v) is 8.27. The van der Waals surface area contributed by atoms with E-state index in [0.717, 1.165) is 11.0 Å². The van der Waals surface area contributed by atoms with Gasteiger partial charge >= 0.3 is 0 Å². The van der Waals surface area contributed by atoms with E-state index in [-0.39, 0.29) is 24.2 Å². The Balaban J connectivity index is 1.79. The lowest BCUT2D eigenvalue weighted by Crippen LogP contribution is -2.25. The van der Waals surface area contributed by atoms with Crippen LogP contribution in [0.25, 0.3) is 11.0 Å². The summed E-state index contributed by atoms with van der Waals surface area (Å²) in [7, 11) is 0. The third kappa shape index (κ3) is 4.24. The summed E-state index contributed by atoms with van der Waals surface area (Å²) in [5.41, 5.74) is 2.17. The Kier molecular flexibility index (Phi) is 5.26. The summed E-state index contributed by atoms with van der Waals surface area (Å²) < 4.78 is 14.8. The highest BCUT2D eigenvalue weighted by Gasteiger charge is 2.13. The number of benzene rings is 2. The fourth-order valence-corrected chi connectivity index (χ4v) is 2.72. The highest BCUT2D eigenvalue weighted by molar-refractivity contribution is 5.91. The van der Waals surface area contributed by atoms with Crippen molar-refractivity contribution in [3.05, 3.63) is 60.2 Å². The van der Waals surface area contributed by atoms with Gasteiger partial charge in [0.25, 0.3) is 0 Å². The lowest BCUT2D eigenvalue weighted by atomic mass is 10.3. The summed E-state index contributed by atoms with van der Waals surface area (Å²) in [6.45, 7) is 1.98. The van der Waals surface area contributed by atoms with Gasteiger partial charge in [0.05, 0.1) is 11.0 Å². The topological polar surface area (TPSA) is 76.0 Å². The monoisotopic (exact) mass is 354 g/mol. The molecule has 3 aromatic rings. The van der Waals surface area contributed by atoms with Gasteiger partial charge in [0.15, 0.2) is 0 Å². The summed E-state index contributed by atoms with van der Waals surface area (Å²) in [5.74, 6) is 0.0142. The van der Waals surface area contributed by atoms with Crippen LogP contribution in [0.2, 0.25) is 0 Å². The molecule has 0 aliphatic heterocycles. The quantitative estimate of drug-likeness (QED) is 0.714. The van der Waals surface area contributed by atoms with Gasteiger partial charge in [-0.1, -0.05) is 12.1 Å². The third-order valence-electron chi connectivity index (χ3n) is 3.89. The highest BCUT2D eigenvalue weighted by Crippen LogP contribution is 2.17. The average molecular weight is 354 g/mol. The molecule has 2 aromatic carbocycles. The van der Waals surface area contributed by atoms with Crippen molar-refractivity contribution in [2.45, 2.75) is 19.9 Å². The molecule has 0 aliphatic carbocycles. The van der Waals surface area contributed by atoms with Crippen molar-refractivity contribution >= 4 is 28.5 Å². The smallest absolute Gasteiger partial charge is 0.244 e. The molecule has 1 heterocycles. The summed E-state index contributed by atoms with van der Waals surface area (Å²) >= 11 is 0. The molecule has 6 nitrogen and oxygen atoms in total. The standard InChI is InChI=1S/C19H19FN4O2/c1-13(25)21-11-10-18-23-16-4-2-3-5-17(16)24(18)12-19(26)22-15-8-6-14(20)7-9-15/h2-9H,10-12H2,1H3,(H,21,25)(H,22,26). The Morgan fingerprint density at radius 2 is 1.85 bits per heavy atom. The van der Waals surface area contributed by atoms with Gasteiger partial charge in [0, 0.05) is 25.6 Å². The molecule has 2 amide bonds. The van der Waals surface area contributed by atoms with Crippen LogP contribution in [-0.2, 0) is 22.6 Å². The second-order valence-corrected chi connectivity index (χ2v) is 5.89. The number of carbonyl (C=O) groups is 2. The maximum absolute atomic E-state index is 13.0. The van der Waals surface area contributed by atoms with Crippen LogP contribution in [-0.4, -0.2) is 27.9 Å². The number of imidazole rings is 1. The van der Waals surface area contributed by atoms with Crippen LogP contribution in [0.1, 0.15) is 12.7 Å². The van der Waals surface area contributed by atoms with Crippen LogP contribution < -0.4 is 10.6 Å². The van der Waals surface area contributed by atoms with Crippen molar-refractivity contribution in [2.75, 3.05) is 11.9 Å². The Morgan fingerprint density at radius 1 is 1.12 bits per heavy atom. The number of nitrogens with one attached hydrogen (secondary N) is 2. The molecular weight excluding hydrogens is 335 g/mol. The minimum Gasteiger partial charge on any atom is -0.356 e. The van der Waals surface area contributed by atoms with E-state index < -0.39 is 0 Å². The number of carbonyl (C=O) groups excluding carboxylic acids is 2. The first-order valence-electron chi connectivity index (χ1n) is 8.27. The second-order valence-electron chi connectivity index (χ2n) is 5.89. The largest absolute Gasteiger partial charge is 0.356 e. The number of hydrogen-bond donors (Lipinski definition) is 2. The molecule has 1 aromatic heterocycles. The predicted octanol–water partition coefficient (Wildman–Crippen LogP) is 2.49. The summed E-state index contributed by atoms with van der Waals surface area (Å²) in [6, 6.07) is 13.2. The number of nitrogens with zero attached hydrogens (tertiary/aromatic N) is 2. The van der Waals surface area contributed by atoms with Gasteiger partial charge < -0.3 is 15.2 Å². The van der Waals surface area contributed by atoms with E-state index in [9.17, 15) is 14.0 Å². The van der Waals surface area contributed by atoms with Crippen LogP contribution in [0, 0.1) is 5.82 Å². The number of anilines is 1. The first-order chi connectivity index (χ1) is 12.5. The highest BCUT2D eigenvalue weighted by atomic mass is 19.1. The zero-order chi connectivity index (χ0) is 18.5. The molecule has 0 saturated heterocycles. The molecule has 0 radical (unpaired) electrons. The molecule has 2 N–H and O–H groups in total. The molecule has 0 spiro atoms. The van der Waals surface area contributed by atoms with Crippen molar-refractivity contribution in [2.24, 2.45) is 0 Å². The molecule has 0 aliphatic rings. The number of amides is 2. The first kappa shape index (κ1) is 17.6. The van der Waals surface area contributed by atoms with Gasteiger partial charge in [-0.15, -0.1) is 0 Å². The summed E-state index contributed by atoms with van der Waals surface area (Å²) in [5, 5.41) is 5.49. The Bertz CT molecular complexity index is 934.